The van der Waals surface area contributed by atoms with Crippen molar-refractivity contribution in [2.75, 3.05) is 0 Å². The van der Waals surface area contributed by atoms with E-state index in [-0.39, 0.29) is 11.9 Å². The molecular formula is C19H16BrN3O2. The Bertz CT molecular complexity index is 1060. The predicted octanol–water partition coefficient (Wildman–Crippen LogP) is 4.87. The van der Waals surface area contributed by atoms with Crippen molar-refractivity contribution >= 4 is 43.8 Å². The van der Waals surface area contributed by atoms with Gasteiger partial charge in [0.2, 0.25) is 0 Å². The van der Waals surface area contributed by atoms with E-state index in [2.05, 4.69) is 31.2 Å². The Morgan fingerprint density at radius 1 is 1.28 bits per heavy atom. The molecule has 4 aromatic rings. The molecule has 0 bridgehead atoms. The number of aryl methyl sites for hydroxylation is 1. The number of fused-ring (bicyclic) bond motifs is 2. The molecule has 0 radical (unpaired) electrons. The molecule has 2 aromatic heterocycles. The highest BCUT2D eigenvalue weighted by molar-refractivity contribution is 9.10. The van der Waals surface area contributed by atoms with Gasteiger partial charge in [0.1, 0.15) is 11.4 Å². The zero-order valence-corrected chi connectivity index (χ0v) is 15.3. The number of halogens is 1. The molecule has 0 aliphatic heterocycles. The third-order valence-corrected chi connectivity index (χ3v) is 4.76. The van der Waals surface area contributed by atoms with Crippen LogP contribution in [0.5, 0.6) is 0 Å². The van der Waals surface area contributed by atoms with Crippen molar-refractivity contribution in [2.24, 2.45) is 0 Å². The van der Waals surface area contributed by atoms with Gasteiger partial charge in [-0.05, 0) is 44.2 Å². The summed E-state index contributed by atoms with van der Waals surface area (Å²) in [6.07, 6.45) is 0. The number of furan rings is 1. The SMILES string of the molecule is Cc1c(C(=O)N[C@@H](C)c2nc3ccccc3[nH]2)oc2ccc(Br)cc12. The maximum absolute atomic E-state index is 12.7. The molecule has 0 saturated carbocycles. The lowest BCUT2D eigenvalue weighted by Crippen LogP contribution is -2.27. The van der Waals surface area contributed by atoms with Gasteiger partial charge >= 0.3 is 0 Å². The van der Waals surface area contributed by atoms with E-state index in [1.165, 1.54) is 0 Å². The summed E-state index contributed by atoms with van der Waals surface area (Å²) in [4.78, 5) is 20.4. The van der Waals surface area contributed by atoms with Crippen LogP contribution in [0.15, 0.2) is 51.4 Å². The Kier molecular flexibility index (Phi) is 3.84. The molecule has 1 atom stereocenters. The van der Waals surface area contributed by atoms with Gasteiger partial charge in [-0.3, -0.25) is 4.79 Å². The molecular weight excluding hydrogens is 382 g/mol. The minimum Gasteiger partial charge on any atom is -0.451 e. The molecule has 25 heavy (non-hydrogen) atoms. The van der Waals surface area contributed by atoms with Gasteiger partial charge in [-0.25, -0.2) is 4.98 Å². The van der Waals surface area contributed by atoms with Gasteiger partial charge < -0.3 is 14.7 Å². The number of carbonyl (C=O) groups is 1. The fourth-order valence-corrected chi connectivity index (χ4v) is 3.28. The molecule has 0 aliphatic carbocycles. The van der Waals surface area contributed by atoms with Crippen LogP contribution in [0.25, 0.3) is 22.0 Å². The maximum atomic E-state index is 12.7. The Balaban J connectivity index is 1.62. The largest absolute Gasteiger partial charge is 0.451 e. The van der Waals surface area contributed by atoms with Gasteiger partial charge in [-0.15, -0.1) is 0 Å². The summed E-state index contributed by atoms with van der Waals surface area (Å²) < 4.78 is 6.70. The summed E-state index contributed by atoms with van der Waals surface area (Å²) in [5, 5.41) is 3.88. The standard InChI is InChI=1S/C19H16BrN3O2/c1-10-13-9-12(20)7-8-16(13)25-17(10)19(24)21-11(2)18-22-14-5-3-4-6-15(14)23-18/h3-9,11H,1-2H3,(H,21,24)(H,22,23)/t11-/m0/s1. The molecule has 0 aliphatic rings. The quantitative estimate of drug-likeness (QED) is 0.517. The van der Waals surface area contributed by atoms with Crippen LogP contribution < -0.4 is 5.32 Å². The first-order chi connectivity index (χ1) is 12.0. The summed E-state index contributed by atoms with van der Waals surface area (Å²) in [6.45, 7) is 3.78. The van der Waals surface area contributed by atoms with Crippen LogP contribution in [0.2, 0.25) is 0 Å². The van der Waals surface area contributed by atoms with E-state index < -0.39 is 0 Å². The number of aromatic nitrogens is 2. The number of amides is 1. The third kappa shape index (κ3) is 2.82. The maximum Gasteiger partial charge on any atom is 0.287 e. The lowest BCUT2D eigenvalue weighted by Gasteiger charge is -2.10. The number of rotatable bonds is 3. The molecule has 4 rings (SSSR count). The van der Waals surface area contributed by atoms with Gasteiger partial charge in [-0.1, -0.05) is 28.1 Å². The number of nitrogens with zero attached hydrogens (tertiary/aromatic N) is 1. The Morgan fingerprint density at radius 2 is 2.08 bits per heavy atom. The predicted molar refractivity (Wildman–Crippen MR) is 101 cm³/mol. The molecule has 2 N–H and O–H groups in total. The molecule has 2 aromatic carbocycles. The van der Waals surface area contributed by atoms with Crippen molar-refractivity contribution in [3.63, 3.8) is 0 Å². The van der Waals surface area contributed by atoms with Crippen LogP contribution in [0.1, 0.15) is 34.9 Å². The highest BCUT2D eigenvalue weighted by atomic mass is 79.9. The van der Waals surface area contributed by atoms with Crippen LogP contribution in [0.3, 0.4) is 0 Å². The highest BCUT2D eigenvalue weighted by Crippen LogP contribution is 2.28. The molecule has 6 heteroatoms. The number of hydrogen-bond donors (Lipinski definition) is 2. The monoisotopic (exact) mass is 397 g/mol. The number of para-hydroxylation sites is 2. The number of imidazole rings is 1. The van der Waals surface area contributed by atoms with Gasteiger partial charge in [-0.2, -0.15) is 0 Å². The minimum atomic E-state index is -0.265. The van der Waals surface area contributed by atoms with E-state index in [1.54, 1.807) is 0 Å². The molecule has 0 saturated heterocycles. The van der Waals surface area contributed by atoms with E-state index in [0.717, 1.165) is 26.5 Å². The number of carbonyl (C=O) groups excluding carboxylic acids is 1. The zero-order valence-electron chi connectivity index (χ0n) is 13.8. The van der Waals surface area contributed by atoms with E-state index in [4.69, 9.17) is 4.42 Å². The van der Waals surface area contributed by atoms with Crippen molar-refractivity contribution in [2.45, 2.75) is 19.9 Å². The molecule has 2 heterocycles. The van der Waals surface area contributed by atoms with Gasteiger partial charge in [0, 0.05) is 15.4 Å². The third-order valence-electron chi connectivity index (χ3n) is 4.27. The Hall–Kier alpha value is -2.60. The molecule has 0 fully saturated rings. The molecule has 5 nitrogen and oxygen atoms in total. The van der Waals surface area contributed by atoms with Crippen molar-refractivity contribution in [1.82, 2.24) is 15.3 Å². The van der Waals surface area contributed by atoms with Crippen LogP contribution >= 0.6 is 15.9 Å². The smallest absolute Gasteiger partial charge is 0.287 e. The van der Waals surface area contributed by atoms with Crippen LogP contribution in [0, 0.1) is 6.92 Å². The fourth-order valence-electron chi connectivity index (χ4n) is 2.92. The topological polar surface area (TPSA) is 70.9 Å². The summed E-state index contributed by atoms with van der Waals surface area (Å²) in [6, 6.07) is 13.2. The molecule has 126 valence electrons. The lowest BCUT2D eigenvalue weighted by atomic mass is 10.1. The van der Waals surface area contributed by atoms with Gasteiger partial charge in [0.05, 0.1) is 17.1 Å². The van der Waals surface area contributed by atoms with E-state index in [0.29, 0.717) is 17.2 Å². The first-order valence-electron chi connectivity index (χ1n) is 7.97. The van der Waals surface area contributed by atoms with Crippen LogP contribution in [-0.4, -0.2) is 15.9 Å². The lowest BCUT2D eigenvalue weighted by molar-refractivity contribution is 0.0911. The zero-order chi connectivity index (χ0) is 17.6. The molecule has 0 unspecified atom stereocenters. The Morgan fingerprint density at radius 3 is 2.88 bits per heavy atom. The number of hydrogen-bond acceptors (Lipinski definition) is 3. The first-order valence-corrected chi connectivity index (χ1v) is 8.76. The van der Waals surface area contributed by atoms with Crippen LogP contribution in [0.4, 0.5) is 0 Å². The van der Waals surface area contributed by atoms with Gasteiger partial charge in [0.25, 0.3) is 5.91 Å². The van der Waals surface area contributed by atoms with Crippen molar-refractivity contribution in [3.05, 3.63) is 64.1 Å². The van der Waals surface area contributed by atoms with Crippen LogP contribution in [-0.2, 0) is 0 Å². The summed E-state index contributed by atoms with van der Waals surface area (Å²) >= 11 is 3.45. The molecule has 1 amide bonds. The Labute approximate surface area is 152 Å². The number of H-pyrrole nitrogens is 1. The van der Waals surface area contributed by atoms with Crippen molar-refractivity contribution in [1.29, 1.82) is 0 Å². The highest BCUT2D eigenvalue weighted by Gasteiger charge is 2.21. The minimum absolute atomic E-state index is 0.252. The van der Waals surface area contributed by atoms with E-state index in [1.807, 2.05) is 56.3 Å². The average molecular weight is 398 g/mol. The summed E-state index contributed by atoms with van der Waals surface area (Å²) in [5.74, 6) is 0.792. The van der Waals surface area contributed by atoms with E-state index in [9.17, 15) is 4.79 Å². The molecule has 0 spiro atoms. The fraction of sp³-hybridized carbons (Fsp3) is 0.158. The second-order valence-electron chi connectivity index (χ2n) is 6.03. The van der Waals surface area contributed by atoms with E-state index >= 15 is 0 Å². The van der Waals surface area contributed by atoms with Crippen molar-refractivity contribution < 1.29 is 9.21 Å². The second kappa shape index (κ2) is 6.04. The van der Waals surface area contributed by atoms with Gasteiger partial charge in [0.15, 0.2) is 5.76 Å². The summed E-state index contributed by atoms with van der Waals surface area (Å²) in [7, 11) is 0. The summed E-state index contributed by atoms with van der Waals surface area (Å²) in [5.41, 5.74) is 3.35. The number of aromatic amines is 1. The number of benzene rings is 2. The van der Waals surface area contributed by atoms with Crippen molar-refractivity contribution in [3.8, 4) is 0 Å². The average Bonchev–Trinajstić information content (AvgIpc) is 3.17. The number of nitrogens with one attached hydrogen (secondary N) is 2. The normalized spacial score (nSPS) is 12.6. The first kappa shape index (κ1) is 15.9. The second-order valence-corrected chi connectivity index (χ2v) is 6.95.